The number of rotatable bonds is 2. The summed E-state index contributed by atoms with van der Waals surface area (Å²) < 4.78 is 4.55. The number of nitrogen functional groups attached to an aromatic ring is 1. The van der Waals surface area contributed by atoms with Crippen molar-refractivity contribution in [2.75, 3.05) is 12.5 Å². The molecular weight excluding hydrogens is 196 g/mol. The summed E-state index contributed by atoms with van der Waals surface area (Å²) >= 11 is 0. The Balaban J connectivity index is 2.51. The number of hydrogen-bond donors (Lipinski definition) is 3. The number of nitrogens with one attached hydrogen (secondary N) is 2. The van der Waals surface area contributed by atoms with Crippen LogP contribution in [0.3, 0.4) is 0 Å². The predicted octanol–water partition coefficient (Wildman–Crippen LogP) is 0.635. The first kappa shape index (κ1) is 9.47. The lowest BCUT2D eigenvalue weighted by Gasteiger charge is -1.96. The average molecular weight is 206 g/mol. The normalized spacial score (nSPS) is 10.3. The van der Waals surface area contributed by atoms with Gasteiger partial charge >= 0.3 is 5.97 Å². The molecule has 6 heteroatoms. The molecule has 0 bridgehead atoms. The fourth-order valence-corrected chi connectivity index (χ4v) is 1.29. The zero-order valence-corrected chi connectivity index (χ0v) is 8.07. The van der Waals surface area contributed by atoms with Gasteiger partial charge in [-0.3, -0.25) is 5.84 Å². The smallest absolute Gasteiger partial charge is 0.374 e. The second-order valence-electron chi connectivity index (χ2n) is 2.95. The minimum atomic E-state index is -0.492. The van der Waals surface area contributed by atoms with E-state index in [1.165, 1.54) is 7.11 Å². The van der Waals surface area contributed by atoms with E-state index in [4.69, 9.17) is 5.84 Å². The maximum atomic E-state index is 11.2. The number of aromatic nitrogens is 2. The van der Waals surface area contributed by atoms with Gasteiger partial charge in [0.2, 0.25) is 5.82 Å². The Morgan fingerprint density at radius 2 is 2.40 bits per heavy atom. The van der Waals surface area contributed by atoms with Gasteiger partial charge in [0, 0.05) is 0 Å². The Hall–Kier alpha value is -2.08. The molecular formula is C9H10N4O2. The van der Waals surface area contributed by atoms with E-state index >= 15 is 0 Å². The molecule has 0 radical (unpaired) electrons. The van der Waals surface area contributed by atoms with Crippen LogP contribution in [-0.4, -0.2) is 23.0 Å². The average Bonchev–Trinajstić information content (AvgIpc) is 2.70. The van der Waals surface area contributed by atoms with Crippen LogP contribution < -0.4 is 11.3 Å². The molecule has 0 saturated carbocycles. The van der Waals surface area contributed by atoms with Gasteiger partial charge in [0.25, 0.3) is 0 Å². The van der Waals surface area contributed by atoms with Gasteiger partial charge in [0.15, 0.2) is 0 Å². The number of nitrogens with two attached hydrogens (primary N) is 1. The van der Waals surface area contributed by atoms with Crippen molar-refractivity contribution < 1.29 is 9.53 Å². The number of methoxy groups -OCH3 is 1. The fourth-order valence-electron chi connectivity index (χ4n) is 1.29. The number of benzene rings is 1. The van der Waals surface area contributed by atoms with E-state index in [2.05, 4.69) is 20.1 Å². The summed E-state index contributed by atoms with van der Waals surface area (Å²) in [5.74, 6) is 4.95. The molecule has 0 aliphatic rings. The van der Waals surface area contributed by atoms with Crippen molar-refractivity contribution in [2.24, 2.45) is 5.84 Å². The molecule has 1 aromatic heterocycles. The number of nitrogens with zero attached hydrogens (tertiary/aromatic N) is 1. The van der Waals surface area contributed by atoms with Crippen molar-refractivity contribution in [3.8, 4) is 0 Å². The van der Waals surface area contributed by atoms with Gasteiger partial charge in [-0.15, -0.1) is 0 Å². The lowest BCUT2D eigenvalue weighted by molar-refractivity contribution is 0.0588. The van der Waals surface area contributed by atoms with E-state index in [1.807, 2.05) is 0 Å². The van der Waals surface area contributed by atoms with E-state index in [-0.39, 0.29) is 5.82 Å². The van der Waals surface area contributed by atoms with E-state index in [1.54, 1.807) is 18.2 Å². The summed E-state index contributed by atoms with van der Waals surface area (Å²) in [6.07, 6.45) is 0. The molecule has 78 valence electrons. The highest BCUT2D eigenvalue weighted by Crippen LogP contribution is 2.16. The maximum absolute atomic E-state index is 11.2. The molecule has 2 rings (SSSR count). The lowest BCUT2D eigenvalue weighted by atomic mass is 10.3. The summed E-state index contributed by atoms with van der Waals surface area (Å²) in [5, 5.41) is 0. The van der Waals surface area contributed by atoms with Crippen molar-refractivity contribution >= 4 is 22.7 Å². The topological polar surface area (TPSA) is 93.0 Å². The minimum absolute atomic E-state index is 0.182. The SMILES string of the molecule is COC(=O)c1nc2ccc(NN)cc2[nH]1. The summed E-state index contributed by atoms with van der Waals surface area (Å²) in [6, 6.07) is 5.28. The molecule has 15 heavy (non-hydrogen) atoms. The van der Waals surface area contributed by atoms with E-state index in [9.17, 15) is 4.79 Å². The molecule has 0 amide bonds. The van der Waals surface area contributed by atoms with Crippen LogP contribution in [0.1, 0.15) is 10.6 Å². The van der Waals surface area contributed by atoms with Crippen molar-refractivity contribution in [1.82, 2.24) is 9.97 Å². The molecule has 2 aromatic rings. The minimum Gasteiger partial charge on any atom is -0.463 e. The second-order valence-corrected chi connectivity index (χ2v) is 2.95. The molecule has 1 aromatic carbocycles. The highest BCUT2D eigenvalue weighted by molar-refractivity contribution is 5.90. The molecule has 0 spiro atoms. The molecule has 0 atom stereocenters. The highest BCUT2D eigenvalue weighted by Gasteiger charge is 2.11. The Labute approximate surface area is 85.4 Å². The van der Waals surface area contributed by atoms with Gasteiger partial charge in [-0.1, -0.05) is 0 Å². The highest BCUT2D eigenvalue weighted by atomic mass is 16.5. The molecule has 4 N–H and O–H groups in total. The number of aromatic amines is 1. The quantitative estimate of drug-likeness (QED) is 0.381. The summed E-state index contributed by atoms with van der Waals surface area (Å²) in [7, 11) is 1.31. The summed E-state index contributed by atoms with van der Waals surface area (Å²) in [4.78, 5) is 18.1. The lowest BCUT2D eigenvalue weighted by Crippen LogP contribution is -2.06. The monoisotopic (exact) mass is 206 g/mol. The zero-order valence-electron chi connectivity index (χ0n) is 8.07. The molecule has 0 unspecified atom stereocenters. The number of esters is 1. The van der Waals surface area contributed by atoms with Crippen molar-refractivity contribution in [1.29, 1.82) is 0 Å². The number of imidazole rings is 1. The van der Waals surface area contributed by atoms with Crippen LogP contribution in [0.2, 0.25) is 0 Å². The fraction of sp³-hybridized carbons (Fsp3) is 0.111. The molecule has 0 fully saturated rings. The largest absolute Gasteiger partial charge is 0.463 e. The van der Waals surface area contributed by atoms with Gasteiger partial charge in [-0.2, -0.15) is 0 Å². The Morgan fingerprint density at radius 1 is 1.60 bits per heavy atom. The number of ether oxygens (including phenoxy) is 1. The molecule has 0 aliphatic heterocycles. The van der Waals surface area contributed by atoms with Gasteiger partial charge in [0.1, 0.15) is 0 Å². The first-order chi connectivity index (χ1) is 7.24. The Bertz CT molecular complexity index is 506. The summed E-state index contributed by atoms with van der Waals surface area (Å²) in [6.45, 7) is 0. The van der Waals surface area contributed by atoms with Gasteiger partial charge < -0.3 is 15.1 Å². The first-order valence-corrected chi connectivity index (χ1v) is 4.29. The van der Waals surface area contributed by atoms with E-state index < -0.39 is 5.97 Å². The van der Waals surface area contributed by atoms with Gasteiger partial charge in [0.05, 0.1) is 23.8 Å². The number of anilines is 1. The van der Waals surface area contributed by atoms with Crippen LogP contribution in [0.15, 0.2) is 18.2 Å². The van der Waals surface area contributed by atoms with Crippen LogP contribution in [0.25, 0.3) is 11.0 Å². The Kier molecular flexibility index (Phi) is 2.26. The number of H-pyrrole nitrogens is 1. The predicted molar refractivity (Wildman–Crippen MR) is 55.2 cm³/mol. The van der Waals surface area contributed by atoms with Gasteiger partial charge in [-0.05, 0) is 18.2 Å². The number of carbonyl (C=O) groups excluding carboxylic acids is 1. The van der Waals surface area contributed by atoms with Gasteiger partial charge in [-0.25, -0.2) is 9.78 Å². The number of carbonyl (C=O) groups is 1. The van der Waals surface area contributed by atoms with Crippen molar-refractivity contribution in [2.45, 2.75) is 0 Å². The van der Waals surface area contributed by atoms with Crippen molar-refractivity contribution in [3.63, 3.8) is 0 Å². The van der Waals surface area contributed by atoms with Crippen LogP contribution in [0.4, 0.5) is 5.69 Å². The number of fused-ring (bicyclic) bond motifs is 1. The number of hydrogen-bond acceptors (Lipinski definition) is 5. The summed E-state index contributed by atoms with van der Waals surface area (Å²) in [5.41, 5.74) is 4.66. The van der Waals surface area contributed by atoms with E-state index in [0.29, 0.717) is 5.52 Å². The molecule has 1 heterocycles. The van der Waals surface area contributed by atoms with E-state index in [0.717, 1.165) is 11.2 Å². The molecule has 0 saturated heterocycles. The van der Waals surface area contributed by atoms with Crippen LogP contribution >= 0.6 is 0 Å². The van der Waals surface area contributed by atoms with Crippen LogP contribution in [0, 0.1) is 0 Å². The van der Waals surface area contributed by atoms with Crippen molar-refractivity contribution in [3.05, 3.63) is 24.0 Å². The van der Waals surface area contributed by atoms with Crippen LogP contribution in [-0.2, 0) is 4.74 Å². The standard InChI is InChI=1S/C9H10N4O2/c1-15-9(14)8-11-6-3-2-5(13-10)4-7(6)12-8/h2-4,13H,10H2,1H3,(H,11,12). The number of hydrazine groups is 1. The van der Waals surface area contributed by atoms with Crippen LogP contribution in [0.5, 0.6) is 0 Å². The zero-order chi connectivity index (χ0) is 10.8. The third kappa shape index (κ3) is 1.62. The third-order valence-corrected chi connectivity index (χ3v) is 2.03. The molecule has 0 aliphatic carbocycles. The molecule has 6 nitrogen and oxygen atoms in total. The second kappa shape index (κ2) is 3.58. The first-order valence-electron chi connectivity index (χ1n) is 4.29. The Morgan fingerprint density at radius 3 is 3.07 bits per heavy atom. The third-order valence-electron chi connectivity index (χ3n) is 2.03. The maximum Gasteiger partial charge on any atom is 0.374 e.